The summed E-state index contributed by atoms with van der Waals surface area (Å²) in [6, 6.07) is 12.2. The third kappa shape index (κ3) is 3.60. The van der Waals surface area contributed by atoms with Crippen molar-refractivity contribution in [1.82, 2.24) is 9.97 Å². The third-order valence-corrected chi connectivity index (χ3v) is 3.60. The third-order valence-electron chi connectivity index (χ3n) is 3.60. The largest absolute Gasteiger partial charge is 0.497 e. The van der Waals surface area contributed by atoms with E-state index in [-0.39, 0.29) is 6.61 Å². The molecule has 7 nitrogen and oxygen atoms in total. The molecule has 1 aromatic heterocycles. The molecule has 3 rings (SSSR count). The number of nitrogen functional groups attached to an aromatic ring is 1. The Morgan fingerprint density at radius 3 is 2.40 bits per heavy atom. The molecule has 0 spiro atoms. The molecule has 2 aromatic carbocycles. The first-order valence-corrected chi connectivity index (χ1v) is 7.52. The van der Waals surface area contributed by atoms with E-state index < -0.39 is 5.97 Å². The van der Waals surface area contributed by atoms with E-state index in [1.807, 2.05) is 24.3 Å². The first kappa shape index (κ1) is 16.5. The molecule has 0 aliphatic heterocycles. The normalized spacial score (nSPS) is 10.5. The molecular weight excluding hydrogens is 322 g/mol. The van der Waals surface area contributed by atoms with Gasteiger partial charge in [-0.3, -0.25) is 0 Å². The number of hydrogen-bond donors (Lipinski definition) is 1. The minimum atomic E-state index is -0.535. The highest BCUT2D eigenvalue weighted by atomic mass is 16.5. The van der Waals surface area contributed by atoms with Gasteiger partial charge >= 0.3 is 5.97 Å². The number of nitrogens with zero attached hydrogens (tertiary/aromatic N) is 2. The molecule has 0 amide bonds. The fourth-order valence-corrected chi connectivity index (χ4v) is 2.35. The highest BCUT2D eigenvalue weighted by Crippen LogP contribution is 2.23. The van der Waals surface area contributed by atoms with Gasteiger partial charge in [-0.15, -0.1) is 0 Å². The number of rotatable bonds is 5. The van der Waals surface area contributed by atoms with Gasteiger partial charge in [-0.05, 0) is 24.3 Å². The van der Waals surface area contributed by atoms with Crippen LogP contribution in [0.4, 0.5) is 5.82 Å². The van der Waals surface area contributed by atoms with E-state index >= 15 is 0 Å². The van der Waals surface area contributed by atoms with Crippen LogP contribution < -0.4 is 15.2 Å². The average molecular weight is 339 g/mol. The van der Waals surface area contributed by atoms with Crippen LogP contribution in [0.15, 0.2) is 42.5 Å². The Bertz CT molecular complexity index is 905. The molecule has 0 radical (unpaired) electrons. The fourth-order valence-electron chi connectivity index (χ4n) is 2.35. The van der Waals surface area contributed by atoms with Crippen molar-refractivity contribution in [1.29, 1.82) is 0 Å². The lowest BCUT2D eigenvalue weighted by atomic mass is 10.2. The summed E-state index contributed by atoms with van der Waals surface area (Å²) in [6.07, 6.45) is 0. The van der Waals surface area contributed by atoms with Gasteiger partial charge in [0.15, 0.2) is 12.4 Å². The lowest BCUT2D eigenvalue weighted by molar-refractivity contribution is 0.0462. The van der Waals surface area contributed by atoms with Gasteiger partial charge in [-0.1, -0.05) is 12.1 Å². The predicted octanol–water partition coefficient (Wildman–Crippen LogP) is 2.59. The Labute approximate surface area is 144 Å². The zero-order valence-corrected chi connectivity index (χ0v) is 13.9. The van der Waals surface area contributed by atoms with Crippen molar-refractivity contribution in [2.45, 2.75) is 6.61 Å². The zero-order chi connectivity index (χ0) is 17.8. The van der Waals surface area contributed by atoms with Crippen molar-refractivity contribution in [3.63, 3.8) is 0 Å². The number of aromatic nitrogens is 2. The summed E-state index contributed by atoms with van der Waals surface area (Å²) in [4.78, 5) is 20.8. The van der Waals surface area contributed by atoms with Crippen molar-refractivity contribution >= 4 is 22.7 Å². The van der Waals surface area contributed by atoms with Gasteiger partial charge < -0.3 is 19.9 Å². The molecule has 0 saturated heterocycles. The number of carbonyl (C=O) groups is 1. The lowest BCUT2D eigenvalue weighted by Gasteiger charge is -2.09. The SMILES string of the molecule is COc1cc(OC)cc(C(=O)OCc2nc(N)c3ccccc3n2)c1. The molecule has 3 aromatic rings. The van der Waals surface area contributed by atoms with Gasteiger partial charge in [0.1, 0.15) is 17.3 Å². The first-order chi connectivity index (χ1) is 12.1. The van der Waals surface area contributed by atoms with Crippen LogP contribution in [0, 0.1) is 0 Å². The average Bonchev–Trinajstić information content (AvgIpc) is 2.65. The number of carbonyl (C=O) groups excluding carboxylic acids is 1. The van der Waals surface area contributed by atoms with Gasteiger partial charge in [0.05, 0.1) is 25.3 Å². The van der Waals surface area contributed by atoms with E-state index in [1.54, 1.807) is 18.2 Å². The van der Waals surface area contributed by atoms with Gasteiger partial charge in [0.25, 0.3) is 0 Å². The topological polar surface area (TPSA) is 96.6 Å². The highest BCUT2D eigenvalue weighted by molar-refractivity contribution is 5.90. The van der Waals surface area contributed by atoms with Crippen molar-refractivity contribution in [3.8, 4) is 11.5 Å². The van der Waals surface area contributed by atoms with E-state index in [9.17, 15) is 4.79 Å². The Morgan fingerprint density at radius 2 is 1.72 bits per heavy atom. The number of nitrogens with two attached hydrogens (primary N) is 1. The number of fused-ring (bicyclic) bond motifs is 1. The van der Waals surface area contributed by atoms with E-state index in [4.69, 9.17) is 19.9 Å². The molecule has 128 valence electrons. The molecule has 2 N–H and O–H groups in total. The number of anilines is 1. The van der Waals surface area contributed by atoms with Crippen LogP contribution in [-0.4, -0.2) is 30.2 Å². The fraction of sp³-hybridized carbons (Fsp3) is 0.167. The minimum Gasteiger partial charge on any atom is -0.497 e. The van der Waals surface area contributed by atoms with Gasteiger partial charge in [-0.25, -0.2) is 14.8 Å². The van der Waals surface area contributed by atoms with Crippen LogP contribution >= 0.6 is 0 Å². The number of benzene rings is 2. The van der Waals surface area contributed by atoms with Crippen LogP contribution in [0.5, 0.6) is 11.5 Å². The quantitative estimate of drug-likeness (QED) is 0.714. The maximum absolute atomic E-state index is 12.3. The number of para-hydroxylation sites is 1. The summed E-state index contributed by atoms with van der Waals surface area (Å²) in [7, 11) is 3.02. The number of ether oxygens (including phenoxy) is 3. The molecular formula is C18H17N3O4. The standard InChI is InChI=1S/C18H17N3O4/c1-23-12-7-11(8-13(9-12)24-2)18(22)25-10-16-20-15-6-4-3-5-14(15)17(19)21-16/h3-9H,10H2,1-2H3,(H2,19,20,21). The summed E-state index contributed by atoms with van der Waals surface area (Å²) < 4.78 is 15.6. The van der Waals surface area contributed by atoms with E-state index in [0.29, 0.717) is 34.2 Å². The molecule has 25 heavy (non-hydrogen) atoms. The second-order valence-electron chi connectivity index (χ2n) is 5.22. The Balaban J connectivity index is 1.78. The summed E-state index contributed by atoms with van der Waals surface area (Å²) in [6.45, 7) is -0.0899. The Hall–Kier alpha value is -3.35. The monoisotopic (exact) mass is 339 g/mol. The van der Waals surface area contributed by atoms with Crippen LogP contribution in [0.1, 0.15) is 16.2 Å². The number of hydrogen-bond acceptors (Lipinski definition) is 7. The van der Waals surface area contributed by atoms with Crippen molar-refractivity contribution in [2.24, 2.45) is 0 Å². The molecule has 7 heteroatoms. The van der Waals surface area contributed by atoms with Gasteiger partial charge in [-0.2, -0.15) is 0 Å². The van der Waals surface area contributed by atoms with Crippen LogP contribution in [-0.2, 0) is 11.3 Å². The molecule has 0 saturated carbocycles. The Kier molecular flexibility index (Phi) is 4.65. The molecule has 0 aliphatic carbocycles. The van der Waals surface area contributed by atoms with Crippen LogP contribution in [0.2, 0.25) is 0 Å². The summed E-state index contributed by atoms with van der Waals surface area (Å²) in [5, 5.41) is 0.759. The van der Waals surface area contributed by atoms with Crippen LogP contribution in [0.25, 0.3) is 10.9 Å². The number of methoxy groups -OCH3 is 2. The van der Waals surface area contributed by atoms with Crippen molar-refractivity contribution < 1.29 is 19.0 Å². The molecule has 0 bridgehead atoms. The summed E-state index contributed by atoms with van der Waals surface area (Å²) >= 11 is 0. The van der Waals surface area contributed by atoms with Gasteiger partial charge in [0.2, 0.25) is 0 Å². The molecule has 1 heterocycles. The second-order valence-corrected chi connectivity index (χ2v) is 5.22. The first-order valence-electron chi connectivity index (χ1n) is 7.52. The molecule has 0 aliphatic rings. The van der Waals surface area contributed by atoms with E-state index in [2.05, 4.69) is 9.97 Å². The summed E-state index contributed by atoms with van der Waals surface area (Å²) in [5.41, 5.74) is 6.93. The maximum atomic E-state index is 12.3. The smallest absolute Gasteiger partial charge is 0.338 e. The molecule has 0 fully saturated rings. The molecule has 0 atom stereocenters. The number of esters is 1. The lowest BCUT2D eigenvalue weighted by Crippen LogP contribution is -2.09. The molecule has 0 unspecified atom stereocenters. The van der Waals surface area contributed by atoms with Crippen molar-refractivity contribution in [3.05, 3.63) is 53.9 Å². The highest BCUT2D eigenvalue weighted by Gasteiger charge is 2.13. The van der Waals surface area contributed by atoms with Crippen molar-refractivity contribution in [2.75, 3.05) is 20.0 Å². The summed E-state index contributed by atoms with van der Waals surface area (Å²) in [5.74, 6) is 1.14. The van der Waals surface area contributed by atoms with E-state index in [1.165, 1.54) is 14.2 Å². The zero-order valence-electron chi connectivity index (χ0n) is 13.9. The predicted molar refractivity (Wildman–Crippen MR) is 92.6 cm³/mol. The Morgan fingerprint density at radius 1 is 1.04 bits per heavy atom. The maximum Gasteiger partial charge on any atom is 0.338 e. The minimum absolute atomic E-state index is 0.0899. The second kappa shape index (κ2) is 7.04. The van der Waals surface area contributed by atoms with E-state index in [0.717, 1.165) is 5.39 Å². The van der Waals surface area contributed by atoms with Crippen LogP contribution in [0.3, 0.4) is 0 Å². The van der Waals surface area contributed by atoms with Gasteiger partial charge in [0, 0.05) is 11.5 Å².